The normalized spacial score (nSPS) is 16.1. The van der Waals surface area contributed by atoms with Crippen molar-refractivity contribution in [3.05, 3.63) is 48.3 Å². The third kappa shape index (κ3) is 4.77. The number of ether oxygens (including phenoxy) is 1. The minimum absolute atomic E-state index is 0. The number of carbonyl (C=O) groups excluding carboxylic acids is 1. The summed E-state index contributed by atoms with van der Waals surface area (Å²) in [5, 5.41) is 7.48. The number of nitrogens with zero attached hydrogens (tertiary/aromatic N) is 3. The zero-order valence-corrected chi connectivity index (χ0v) is 16.1. The summed E-state index contributed by atoms with van der Waals surface area (Å²) in [6.45, 7) is 1.32. The number of rotatable bonds is 5. The second kappa shape index (κ2) is 8.83. The number of alkyl halides is 3. The van der Waals surface area contributed by atoms with Crippen molar-refractivity contribution in [3.63, 3.8) is 0 Å². The average Bonchev–Trinajstić information content (AvgIpc) is 3.17. The van der Waals surface area contributed by atoms with Crippen LogP contribution in [-0.4, -0.2) is 47.1 Å². The van der Waals surface area contributed by atoms with E-state index >= 15 is 0 Å². The van der Waals surface area contributed by atoms with Gasteiger partial charge in [-0.05, 0) is 38.1 Å². The number of benzene rings is 1. The number of piperidine rings is 1. The standard InChI is InChI=1S/C18H21F3N4O2.ClH/c1-24(13-14-5-2-3-6-15(14)27-18(19,20)21)16(26)17(7-10-22-11-8-17)25-12-4-9-23-25;/h2-6,9,12,22H,7-8,10-11,13H2,1H3;1H. The second-order valence-corrected chi connectivity index (χ2v) is 6.55. The first-order chi connectivity index (χ1) is 12.8. The van der Waals surface area contributed by atoms with Gasteiger partial charge < -0.3 is 15.0 Å². The Morgan fingerprint density at radius 2 is 1.96 bits per heavy atom. The highest BCUT2D eigenvalue weighted by atomic mass is 35.5. The molecule has 1 aliphatic heterocycles. The van der Waals surface area contributed by atoms with E-state index in [1.165, 1.54) is 23.1 Å². The Bertz CT molecular complexity index is 777. The van der Waals surface area contributed by atoms with Gasteiger partial charge in [-0.3, -0.25) is 9.48 Å². The van der Waals surface area contributed by atoms with Crippen LogP contribution < -0.4 is 10.1 Å². The summed E-state index contributed by atoms with van der Waals surface area (Å²) in [6, 6.07) is 7.60. The van der Waals surface area contributed by atoms with Crippen molar-refractivity contribution in [2.45, 2.75) is 31.3 Å². The number of nitrogens with one attached hydrogen (secondary N) is 1. The van der Waals surface area contributed by atoms with Gasteiger partial charge in [0, 0.05) is 31.5 Å². The van der Waals surface area contributed by atoms with Gasteiger partial charge in [0.2, 0.25) is 0 Å². The van der Waals surface area contributed by atoms with Crippen LogP contribution in [0.1, 0.15) is 18.4 Å². The summed E-state index contributed by atoms with van der Waals surface area (Å²) >= 11 is 0. The van der Waals surface area contributed by atoms with Crippen molar-refractivity contribution < 1.29 is 22.7 Å². The van der Waals surface area contributed by atoms with Gasteiger partial charge in [0.1, 0.15) is 11.3 Å². The Hall–Kier alpha value is -2.26. The lowest BCUT2D eigenvalue weighted by Gasteiger charge is -2.39. The molecule has 0 radical (unpaired) electrons. The molecule has 0 aliphatic carbocycles. The number of carbonyl (C=O) groups is 1. The first kappa shape index (κ1) is 22.0. The monoisotopic (exact) mass is 418 g/mol. The van der Waals surface area contributed by atoms with E-state index in [0.717, 1.165) is 0 Å². The molecule has 0 saturated carbocycles. The summed E-state index contributed by atoms with van der Waals surface area (Å²) in [7, 11) is 1.58. The minimum Gasteiger partial charge on any atom is -0.405 e. The van der Waals surface area contributed by atoms with E-state index in [1.54, 1.807) is 36.3 Å². The number of likely N-dealkylation sites (N-methyl/N-ethyl adjacent to an activating group) is 1. The van der Waals surface area contributed by atoms with Gasteiger partial charge in [-0.25, -0.2) is 0 Å². The Balaban J connectivity index is 0.00000280. The molecule has 6 nitrogen and oxygen atoms in total. The number of amides is 1. The molecule has 1 N–H and O–H groups in total. The van der Waals surface area contributed by atoms with Gasteiger partial charge in [0.15, 0.2) is 0 Å². The first-order valence-electron chi connectivity index (χ1n) is 8.62. The molecule has 1 aliphatic rings. The van der Waals surface area contributed by atoms with E-state index in [0.29, 0.717) is 25.9 Å². The molecule has 154 valence electrons. The maximum absolute atomic E-state index is 13.3. The predicted molar refractivity (Wildman–Crippen MR) is 99.2 cm³/mol. The van der Waals surface area contributed by atoms with Crippen molar-refractivity contribution in [3.8, 4) is 5.75 Å². The van der Waals surface area contributed by atoms with E-state index in [9.17, 15) is 18.0 Å². The molecule has 0 spiro atoms. The third-order valence-electron chi connectivity index (χ3n) is 4.72. The predicted octanol–water partition coefficient (Wildman–Crippen LogP) is 2.94. The van der Waals surface area contributed by atoms with E-state index in [-0.39, 0.29) is 36.2 Å². The fraction of sp³-hybridized carbons (Fsp3) is 0.444. The van der Waals surface area contributed by atoms with Crippen LogP contribution >= 0.6 is 12.4 Å². The van der Waals surface area contributed by atoms with Crippen LogP contribution in [-0.2, 0) is 16.9 Å². The number of halogens is 4. The van der Waals surface area contributed by atoms with Crippen molar-refractivity contribution in [2.75, 3.05) is 20.1 Å². The second-order valence-electron chi connectivity index (χ2n) is 6.55. The van der Waals surface area contributed by atoms with Crippen molar-refractivity contribution in [2.24, 2.45) is 0 Å². The lowest BCUT2D eigenvalue weighted by Crippen LogP contribution is -2.54. The maximum atomic E-state index is 13.3. The molecule has 2 heterocycles. The van der Waals surface area contributed by atoms with Crippen LogP contribution in [0.25, 0.3) is 0 Å². The first-order valence-corrected chi connectivity index (χ1v) is 8.62. The number of aromatic nitrogens is 2. The van der Waals surface area contributed by atoms with Gasteiger partial charge in [0.05, 0.1) is 0 Å². The summed E-state index contributed by atoms with van der Waals surface area (Å²) in [5.41, 5.74) is -0.557. The van der Waals surface area contributed by atoms with Crippen molar-refractivity contribution in [1.82, 2.24) is 20.0 Å². The maximum Gasteiger partial charge on any atom is 0.573 e. The van der Waals surface area contributed by atoms with Gasteiger partial charge >= 0.3 is 6.36 Å². The van der Waals surface area contributed by atoms with E-state index in [4.69, 9.17) is 0 Å². The smallest absolute Gasteiger partial charge is 0.405 e. The van der Waals surface area contributed by atoms with Crippen molar-refractivity contribution in [1.29, 1.82) is 0 Å². The zero-order valence-electron chi connectivity index (χ0n) is 15.3. The molecule has 0 unspecified atom stereocenters. The van der Waals surface area contributed by atoms with Crippen molar-refractivity contribution >= 4 is 18.3 Å². The molecule has 0 atom stereocenters. The summed E-state index contributed by atoms with van der Waals surface area (Å²) in [4.78, 5) is 14.7. The Kier molecular flexibility index (Phi) is 6.95. The molecule has 1 aromatic carbocycles. The SMILES string of the molecule is CN(Cc1ccccc1OC(F)(F)F)C(=O)C1(n2cccn2)CCNCC1.Cl. The number of hydrogen-bond acceptors (Lipinski definition) is 4. The van der Waals surface area contributed by atoms with E-state index in [2.05, 4.69) is 15.2 Å². The van der Waals surface area contributed by atoms with Gasteiger partial charge in [-0.1, -0.05) is 18.2 Å². The quantitative estimate of drug-likeness (QED) is 0.811. The van der Waals surface area contributed by atoms with E-state index in [1.807, 2.05) is 0 Å². The molecule has 1 saturated heterocycles. The fourth-order valence-electron chi connectivity index (χ4n) is 3.44. The van der Waals surface area contributed by atoms with Crippen LogP contribution in [0.4, 0.5) is 13.2 Å². The highest BCUT2D eigenvalue weighted by molar-refractivity contribution is 5.85. The Morgan fingerprint density at radius 3 is 2.57 bits per heavy atom. The van der Waals surface area contributed by atoms with Gasteiger partial charge in [0.25, 0.3) is 5.91 Å². The summed E-state index contributed by atoms with van der Waals surface area (Å²) in [5.74, 6) is -0.488. The van der Waals surface area contributed by atoms with Crippen LogP contribution in [0.15, 0.2) is 42.7 Å². The van der Waals surface area contributed by atoms with E-state index < -0.39 is 11.9 Å². The molecule has 28 heavy (non-hydrogen) atoms. The summed E-state index contributed by atoms with van der Waals surface area (Å²) < 4.78 is 43.6. The molecule has 1 fully saturated rings. The number of hydrogen-bond donors (Lipinski definition) is 1. The lowest BCUT2D eigenvalue weighted by molar-refractivity contribution is -0.275. The van der Waals surface area contributed by atoms with Gasteiger partial charge in [-0.15, -0.1) is 25.6 Å². The fourth-order valence-corrected chi connectivity index (χ4v) is 3.44. The molecule has 1 aromatic heterocycles. The Morgan fingerprint density at radius 1 is 1.29 bits per heavy atom. The van der Waals surface area contributed by atoms with Gasteiger partial charge in [-0.2, -0.15) is 5.10 Å². The van der Waals surface area contributed by atoms with Crippen LogP contribution in [0.3, 0.4) is 0 Å². The minimum atomic E-state index is -4.79. The highest BCUT2D eigenvalue weighted by Gasteiger charge is 2.43. The topological polar surface area (TPSA) is 59.4 Å². The average molecular weight is 419 g/mol. The Labute approximate surface area is 167 Å². The lowest BCUT2D eigenvalue weighted by atomic mass is 9.86. The molecular formula is C18H22ClF3N4O2. The highest BCUT2D eigenvalue weighted by Crippen LogP contribution is 2.31. The number of para-hydroxylation sites is 1. The van der Waals surface area contributed by atoms with Crippen LogP contribution in [0.2, 0.25) is 0 Å². The molecule has 1 amide bonds. The summed E-state index contributed by atoms with van der Waals surface area (Å²) in [6.07, 6.45) is -0.317. The van der Waals surface area contributed by atoms with Crippen LogP contribution in [0, 0.1) is 0 Å². The molecule has 0 bridgehead atoms. The molecule has 2 aromatic rings. The molecule has 3 rings (SSSR count). The largest absolute Gasteiger partial charge is 0.573 e. The third-order valence-corrected chi connectivity index (χ3v) is 4.72. The zero-order chi connectivity index (χ0) is 19.5. The molecular weight excluding hydrogens is 397 g/mol. The molecule has 10 heteroatoms. The van der Waals surface area contributed by atoms with Crippen LogP contribution in [0.5, 0.6) is 5.75 Å².